The summed E-state index contributed by atoms with van der Waals surface area (Å²) in [6.07, 6.45) is 3.29. The van der Waals surface area contributed by atoms with Gasteiger partial charge in [0.15, 0.2) is 0 Å². The van der Waals surface area contributed by atoms with Gasteiger partial charge in [0.25, 0.3) is 11.8 Å². The zero-order valence-electron chi connectivity index (χ0n) is 19.4. The smallest absolute Gasteiger partial charge is 0.256 e. The molecule has 35 heavy (non-hydrogen) atoms. The normalized spacial score (nSPS) is 17.9. The van der Waals surface area contributed by atoms with Crippen LogP contribution >= 0.6 is 11.3 Å². The first-order valence-corrected chi connectivity index (χ1v) is 13.9. The van der Waals surface area contributed by atoms with Crippen LogP contribution in [0.15, 0.2) is 53.4 Å². The van der Waals surface area contributed by atoms with Gasteiger partial charge in [-0.05, 0) is 72.6 Å². The number of carbonyl (C=O) groups is 2. The van der Waals surface area contributed by atoms with Gasteiger partial charge in [-0.2, -0.15) is 4.31 Å². The van der Waals surface area contributed by atoms with Gasteiger partial charge in [0.2, 0.25) is 10.0 Å². The van der Waals surface area contributed by atoms with E-state index in [-0.39, 0.29) is 4.90 Å². The summed E-state index contributed by atoms with van der Waals surface area (Å²) in [6, 6.07) is 13.8. The lowest BCUT2D eigenvalue weighted by molar-refractivity contribution is 0.1000. The van der Waals surface area contributed by atoms with Crippen molar-refractivity contribution in [3.05, 3.63) is 81.2 Å². The molecule has 1 aliphatic carbocycles. The Bertz CT molecular complexity index is 1410. The number of anilines is 1. The lowest BCUT2D eigenvalue weighted by atomic mass is 9.88. The van der Waals surface area contributed by atoms with Crippen LogP contribution in [0.2, 0.25) is 0 Å². The number of hydrogen-bond acceptors (Lipinski definition) is 5. The molecule has 0 fully saturated rings. The van der Waals surface area contributed by atoms with Crippen LogP contribution in [-0.2, 0) is 35.8 Å². The third-order valence-corrected chi connectivity index (χ3v) is 9.86. The summed E-state index contributed by atoms with van der Waals surface area (Å²) in [5.74, 6) is -0.430. The molecule has 0 saturated heterocycles. The van der Waals surface area contributed by atoms with Gasteiger partial charge in [0.1, 0.15) is 5.00 Å². The SMILES string of the molecule is C[C@@H]1CCc2c(sc(NC(=O)c3ccc(S(=O)(=O)N4CCc5ccccc5C4)cc3)c2C(N)=O)C1. The highest BCUT2D eigenvalue weighted by Crippen LogP contribution is 2.39. The molecule has 0 radical (unpaired) electrons. The van der Waals surface area contributed by atoms with Crippen molar-refractivity contribution in [3.8, 4) is 0 Å². The summed E-state index contributed by atoms with van der Waals surface area (Å²) >= 11 is 1.40. The molecule has 1 aliphatic heterocycles. The van der Waals surface area contributed by atoms with Crippen molar-refractivity contribution in [2.45, 2.75) is 44.0 Å². The molecule has 3 N–H and O–H groups in total. The predicted octanol–water partition coefficient (Wildman–Crippen LogP) is 3.97. The van der Waals surface area contributed by atoms with Gasteiger partial charge in [-0.25, -0.2) is 8.42 Å². The lowest BCUT2D eigenvalue weighted by Crippen LogP contribution is -2.35. The molecular weight excluding hydrogens is 482 g/mol. The fourth-order valence-electron chi connectivity index (χ4n) is 4.88. The number of hydrogen-bond donors (Lipinski definition) is 2. The Morgan fingerprint density at radius 1 is 1.06 bits per heavy atom. The number of benzene rings is 2. The molecule has 0 bridgehead atoms. The highest BCUT2D eigenvalue weighted by atomic mass is 32.2. The molecule has 5 rings (SSSR count). The monoisotopic (exact) mass is 509 g/mol. The van der Waals surface area contributed by atoms with Crippen LogP contribution in [0.3, 0.4) is 0 Å². The van der Waals surface area contributed by atoms with E-state index in [1.165, 1.54) is 45.5 Å². The number of primary amides is 1. The van der Waals surface area contributed by atoms with E-state index in [0.717, 1.165) is 35.3 Å². The van der Waals surface area contributed by atoms with Crippen molar-refractivity contribution < 1.29 is 18.0 Å². The van der Waals surface area contributed by atoms with E-state index in [0.29, 0.717) is 41.6 Å². The summed E-state index contributed by atoms with van der Waals surface area (Å²) in [6.45, 7) is 2.92. The Hall–Kier alpha value is -3.01. The van der Waals surface area contributed by atoms with Crippen molar-refractivity contribution in [3.63, 3.8) is 0 Å². The molecule has 0 saturated carbocycles. The summed E-state index contributed by atoms with van der Waals surface area (Å²) < 4.78 is 27.9. The minimum Gasteiger partial charge on any atom is -0.365 e. The molecule has 9 heteroatoms. The molecule has 2 heterocycles. The first-order chi connectivity index (χ1) is 16.7. The standard InChI is InChI=1S/C26H27N3O4S2/c1-16-6-11-21-22(14-16)34-26(23(21)24(27)30)28-25(31)18-7-9-20(10-8-18)35(32,33)29-13-12-17-4-2-3-5-19(17)15-29/h2-5,7-10,16H,6,11-15H2,1H3,(H2,27,30)(H,28,31)/t16-/m1/s1. The molecule has 1 atom stereocenters. The van der Waals surface area contributed by atoms with Crippen LogP contribution in [0.25, 0.3) is 0 Å². The molecule has 0 unspecified atom stereocenters. The Morgan fingerprint density at radius 2 is 1.77 bits per heavy atom. The molecule has 2 aromatic carbocycles. The molecule has 2 aliphatic rings. The topological polar surface area (TPSA) is 110 Å². The fraction of sp³-hybridized carbons (Fsp3) is 0.308. The third kappa shape index (κ3) is 4.51. The first kappa shape index (κ1) is 23.7. The average molecular weight is 510 g/mol. The molecule has 2 amide bonds. The predicted molar refractivity (Wildman–Crippen MR) is 136 cm³/mol. The number of nitrogens with two attached hydrogens (primary N) is 1. The Balaban J connectivity index is 1.34. The minimum atomic E-state index is -3.69. The van der Waals surface area contributed by atoms with Gasteiger partial charge in [-0.3, -0.25) is 9.59 Å². The van der Waals surface area contributed by atoms with E-state index in [9.17, 15) is 18.0 Å². The van der Waals surface area contributed by atoms with Crippen LogP contribution in [0.5, 0.6) is 0 Å². The molecule has 182 valence electrons. The Morgan fingerprint density at radius 3 is 2.49 bits per heavy atom. The minimum absolute atomic E-state index is 0.145. The van der Waals surface area contributed by atoms with Gasteiger partial charge in [-0.1, -0.05) is 31.2 Å². The van der Waals surface area contributed by atoms with Gasteiger partial charge in [0.05, 0.1) is 10.5 Å². The lowest BCUT2D eigenvalue weighted by Gasteiger charge is -2.28. The summed E-state index contributed by atoms with van der Waals surface area (Å²) in [4.78, 5) is 26.3. The highest BCUT2D eigenvalue weighted by Gasteiger charge is 2.29. The van der Waals surface area contributed by atoms with Crippen molar-refractivity contribution >= 4 is 38.2 Å². The molecule has 1 aromatic heterocycles. The summed E-state index contributed by atoms with van der Waals surface area (Å²) in [7, 11) is -3.69. The second-order valence-corrected chi connectivity index (χ2v) is 12.3. The number of fused-ring (bicyclic) bond motifs is 2. The molecule has 3 aromatic rings. The first-order valence-electron chi connectivity index (χ1n) is 11.7. The second-order valence-electron chi connectivity index (χ2n) is 9.26. The van der Waals surface area contributed by atoms with E-state index < -0.39 is 21.8 Å². The van der Waals surface area contributed by atoms with Crippen LogP contribution in [0.1, 0.15) is 55.6 Å². The highest BCUT2D eigenvalue weighted by molar-refractivity contribution is 7.89. The van der Waals surface area contributed by atoms with Gasteiger partial charge in [-0.15, -0.1) is 11.3 Å². The van der Waals surface area contributed by atoms with E-state index >= 15 is 0 Å². The van der Waals surface area contributed by atoms with Crippen molar-refractivity contribution in [1.82, 2.24) is 4.31 Å². The number of amides is 2. The zero-order valence-corrected chi connectivity index (χ0v) is 21.0. The number of rotatable bonds is 5. The van der Waals surface area contributed by atoms with Gasteiger partial charge in [0, 0.05) is 23.5 Å². The van der Waals surface area contributed by atoms with Crippen LogP contribution < -0.4 is 11.1 Å². The fourth-order valence-corrected chi connectivity index (χ4v) is 7.71. The number of nitrogens with zero attached hydrogens (tertiary/aromatic N) is 1. The number of thiophene rings is 1. The van der Waals surface area contributed by atoms with E-state index in [4.69, 9.17) is 5.73 Å². The zero-order chi connectivity index (χ0) is 24.7. The Labute approximate surface area is 209 Å². The maximum Gasteiger partial charge on any atom is 0.256 e. The quantitative estimate of drug-likeness (QED) is 0.542. The number of nitrogens with one attached hydrogen (secondary N) is 1. The van der Waals surface area contributed by atoms with Gasteiger partial charge < -0.3 is 11.1 Å². The van der Waals surface area contributed by atoms with E-state index in [2.05, 4.69) is 12.2 Å². The summed E-state index contributed by atoms with van der Waals surface area (Å²) in [5, 5.41) is 3.29. The van der Waals surface area contributed by atoms with Crippen LogP contribution in [0, 0.1) is 5.92 Å². The molecular formula is C26H27N3O4S2. The van der Waals surface area contributed by atoms with Crippen LogP contribution in [0.4, 0.5) is 5.00 Å². The molecule has 0 spiro atoms. The largest absolute Gasteiger partial charge is 0.365 e. The maximum atomic E-state index is 13.2. The van der Waals surface area contributed by atoms with Crippen molar-refractivity contribution in [2.75, 3.05) is 11.9 Å². The Kier molecular flexibility index (Phi) is 6.25. The number of carbonyl (C=O) groups excluding carboxylic acids is 2. The van der Waals surface area contributed by atoms with E-state index in [1.807, 2.05) is 24.3 Å². The maximum absolute atomic E-state index is 13.2. The second kappa shape index (κ2) is 9.22. The average Bonchev–Trinajstić information content (AvgIpc) is 3.20. The molecule has 7 nitrogen and oxygen atoms in total. The van der Waals surface area contributed by atoms with Crippen molar-refractivity contribution in [1.29, 1.82) is 0 Å². The van der Waals surface area contributed by atoms with Gasteiger partial charge >= 0.3 is 0 Å². The van der Waals surface area contributed by atoms with E-state index in [1.54, 1.807) is 0 Å². The van der Waals surface area contributed by atoms with Crippen molar-refractivity contribution in [2.24, 2.45) is 11.7 Å². The van der Waals surface area contributed by atoms with Crippen LogP contribution in [-0.4, -0.2) is 31.1 Å². The number of sulfonamides is 1. The third-order valence-electron chi connectivity index (χ3n) is 6.84. The summed E-state index contributed by atoms with van der Waals surface area (Å²) in [5.41, 5.74) is 9.48.